The Morgan fingerprint density at radius 3 is 2.78 bits per heavy atom. The molecule has 5 heteroatoms. The SMILES string of the molecule is CCOC(=O)c1ccc(N2CC3(COC3)C2)nc1. The predicted octanol–water partition coefficient (Wildman–Crippen LogP) is 1.09. The number of esters is 1. The van der Waals surface area contributed by atoms with Gasteiger partial charge in [-0.1, -0.05) is 0 Å². The lowest BCUT2D eigenvalue weighted by atomic mass is 9.78. The summed E-state index contributed by atoms with van der Waals surface area (Å²) in [5, 5.41) is 0. The van der Waals surface area contributed by atoms with Gasteiger partial charge in [-0.05, 0) is 19.1 Å². The highest BCUT2D eigenvalue weighted by Crippen LogP contribution is 2.39. The number of hydrogen-bond donors (Lipinski definition) is 0. The van der Waals surface area contributed by atoms with Crippen LogP contribution in [0.4, 0.5) is 5.82 Å². The van der Waals surface area contributed by atoms with Crippen LogP contribution in [0.2, 0.25) is 0 Å². The van der Waals surface area contributed by atoms with Crippen LogP contribution in [0, 0.1) is 5.41 Å². The molecule has 1 aromatic heterocycles. The number of pyridine rings is 1. The van der Waals surface area contributed by atoms with Crippen molar-refractivity contribution in [3.63, 3.8) is 0 Å². The maximum Gasteiger partial charge on any atom is 0.339 e. The Hall–Kier alpha value is -1.62. The zero-order valence-corrected chi connectivity index (χ0v) is 10.4. The van der Waals surface area contributed by atoms with Crippen LogP contribution in [0.5, 0.6) is 0 Å². The Morgan fingerprint density at radius 1 is 1.50 bits per heavy atom. The molecule has 0 saturated carbocycles. The molecule has 5 nitrogen and oxygen atoms in total. The first-order chi connectivity index (χ1) is 8.72. The molecule has 1 aromatic rings. The first-order valence-electron chi connectivity index (χ1n) is 6.18. The number of rotatable bonds is 3. The Kier molecular flexibility index (Phi) is 2.70. The molecule has 0 unspecified atom stereocenters. The van der Waals surface area contributed by atoms with E-state index in [4.69, 9.17) is 9.47 Å². The molecule has 0 radical (unpaired) electrons. The van der Waals surface area contributed by atoms with Crippen LogP contribution in [0.15, 0.2) is 18.3 Å². The first-order valence-corrected chi connectivity index (χ1v) is 6.18. The third kappa shape index (κ3) is 1.84. The summed E-state index contributed by atoms with van der Waals surface area (Å²) in [5.41, 5.74) is 0.879. The molecule has 2 aliphatic rings. The molecule has 96 valence electrons. The van der Waals surface area contributed by atoms with Gasteiger partial charge in [0.1, 0.15) is 5.82 Å². The highest BCUT2D eigenvalue weighted by Gasteiger charge is 2.49. The highest BCUT2D eigenvalue weighted by molar-refractivity contribution is 5.89. The minimum absolute atomic E-state index is 0.316. The topological polar surface area (TPSA) is 51.7 Å². The monoisotopic (exact) mass is 248 g/mol. The molecule has 0 aliphatic carbocycles. The number of carbonyl (C=O) groups excluding carboxylic acids is 1. The smallest absolute Gasteiger partial charge is 0.339 e. The lowest BCUT2D eigenvalue weighted by Crippen LogP contribution is -2.66. The Balaban J connectivity index is 1.63. The normalized spacial score (nSPS) is 20.2. The molecular weight excluding hydrogens is 232 g/mol. The maximum atomic E-state index is 11.5. The fourth-order valence-electron chi connectivity index (χ4n) is 2.41. The largest absolute Gasteiger partial charge is 0.462 e. The average molecular weight is 248 g/mol. The molecule has 3 heterocycles. The van der Waals surface area contributed by atoms with Gasteiger partial charge < -0.3 is 14.4 Å². The summed E-state index contributed by atoms with van der Waals surface area (Å²) < 4.78 is 10.2. The van der Waals surface area contributed by atoms with E-state index < -0.39 is 0 Å². The Bertz CT molecular complexity index is 446. The highest BCUT2D eigenvalue weighted by atomic mass is 16.5. The van der Waals surface area contributed by atoms with E-state index in [1.165, 1.54) is 0 Å². The number of nitrogens with zero attached hydrogens (tertiary/aromatic N) is 2. The molecule has 3 rings (SSSR count). The van der Waals surface area contributed by atoms with Gasteiger partial charge in [-0.15, -0.1) is 0 Å². The van der Waals surface area contributed by atoms with E-state index in [1.54, 1.807) is 19.2 Å². The summed E-state index contributed by atoms with van der Waals surface area (Å²) in [6, 6.07) is 3.64. The van der Waals surface area contributed by atoms with Crippen LogP contribution in [-0.2, 0) is 9.47 Å². The molecule has 0 N–H and O–H groups in total. The van der Waals surface area contributed by atoms with E-state index in [9.17, 15) is 4.79 Å². The lowest BCUT2D eigenvalue weighted by Gasteiger charge is -2.55. The van der Waals surface area contributed by atoms with Crippen LogP contribution < -0.4 is 4.90 Å². The van der Waals surface area contributed by atoms with Crippen molar-refractivity contribution in [2.24, 2.45) is 5.41 Å². The molecule has 0 bridgehead atoms. The van der Waals surface area contributed by atoms with Crippen LogP contribution in [0.1, 0.15) is 17.3 Å². The molecule has 2 fully saturated rings. The number of aromatic nitrogens is 1. The van der Waals surface area contributed by atoms with E-state index in [1.807, 2.05) is 6.07 Å². The van der Waals surface area contributed by atoms with E-state index in [0.29, 0.717) is 17.6 Å². The molecule has 2 saturated heterocycles. The van der Waals surface area contributed by atoms with Crippen LogP contribution in [-0.4, -0.2) is 43.9 Å². The van der Waals surface area contributed by atoms with E-state index >= 15 is 0 Å². The van der Waals surface area contributed by atoms with Gasteiger partial charge in [0, 0.05) is 19.3 Å². The van der Waals surface area contributed by atoms with Crippen LogP contribution in [0.25, 0.3) is 0 Å². The Labute approximate surface area is 106 Å². The zero-order chi connectivity index (χ0) is 12.6. The van der Waals surface area contributed by atoms with Crippen molar-refractivity contribution >= 4 is 11.8 Å². The van der Waals surface area contributed by atoms with Crippen molar-refractivity contribution in [1.82, 2.24) is 4.98 Å². The fourth-order valence-corrected chi connectivity index (χ4v) is 2.41. The number of carbonyl (C=O) groups is 1. The van der Waals surface area contributed by atoms with Gasteiger partial charge in [0.25, 0.3) is 0 Å². The van der Waals surface area contributed by atoms with Crippen molar-refractivity contribution in [3.8, 4) is 0 Å². The fraction of sp³-hybridized carbons (Fsp3) is 0.538. The molecule has 0 atom stereocenters. The second kappa shape index (κ2) is 4.24. The summed E-state index contributed by atoms with van der Waals surface area (Å²) in [7, 11) is 0. The molecule has 0 aromatic carbocycles. The van der Waals surface area contributed by atoms with Gasteiger partial charge in [-0.25, -0.2) is 9.78 Å². The van der Waals surface area contributed by atoms with Crippen molar-refractivity contribution in [1.29, 1.82) is 0 Å². The molecule has 1 spiro atoms. The standard InChI is InChI=1S/C13H16N2O3/c1-2-18-12(16)10-3-4-11(14-5-10)15-6-13(7-15)8-17-9-13/h3-5H,2,6-9H2,1H3. The van der Waals surface area contributed by atoms with Gasteiger partial charge in [0.15, 0.2) is 0 Å². The van der Waals surface area contributed by atoms with Crippen molar-refractivity contribution < 1.29 is 14.3 Å². The minimum atomic E-state index is -0.316. The summed E-state index contributed by atoms with van der Waals surface area (Å²) in [5.74, 6) is 0.601. The van der Waals surface area contributed by atoms with Gasteiger partial charge >= 0.3 is 5.97 Å². The second-order valence-corrected chi connectivity index (χ2v) is 4.97. The van der Waals surface area contributed by atoms with Gasteiger partial charge in [-0.3, -0.25) is 0 Å². The van der Waals surface area contributed by atoms with Crippen molar-refractivity contribution in [2.45, 2.75) is 6.92 Å². The minimum Gasteiger partial charge on any atom is -0.462 e. The molecule has 2 aliphatic heterocycles. The van der Waals surface area contributed by atoms with Crippen molar-refractivity contribution in [3.05, 3.63) is 23.9 Å². The van der Waals surface area contributed by atoms with Crippen LogP contribution >= 0.6 is 0 Å². The van der Waals surface area contributed by atoms with Crippen LogP contribution in [0.3, 0.4) is 0 Å². The predicted molar refractivity (Wildman–Crippen MR) is 65.7 cm³/mol. The first kappa shape index (κ1) is 11.5. The summed E-state index contributed by atoms with van der Waals surface area (Å²) in [6.45, 7) is 5.90. The third-order valence-corrected chi connectivity index (χ3v) is 3.45. The van der Waals surface area contributed by atoms with E-state index in [0.717, 1.165) is 32.1 Å². The molecule has 18 heavy (non-hydrogen) atoms. The summed E-state index contributed by atoms with van der Waals surface area (Å²) >= 11 is 0. The average Bonchev–Trinajstić information content (AvgIpc) is 2.26. The van der Waals surface area contributed by atoms with E-state index in [2.05, 4.69) is 9.88 Å². The number of hydrogen-bond acceptors (Lipinski definition) is 5. The number of anilines is 1. The van der Waals surface area contributed by atoms with Gasteiger partial charge in [0.2, 0.25) is 0 Å². The lowest BCUT2D eigenvalue weighted by molar-refractivity contribution is -0.127. The maximum absolute atomic E-state index is 11.5. The zero-order valence-electron chi connectivity index (χ0n) is 10.4. The Morgan fingerprint density at radius 2 is 2.28 bits per heavy atom. The molecule has 0 amide bonds. The molecular formula is C13H16N2O3. The van der Waals surface area contributed by atoms with Gasteiger partial charge in [-0.2, -0.15) is 0 Å². The number of ether oxygens (including phenoxy) is 2. The second-order valence-electron chi connectivity index (χ2n) is 4.97. The quantitative estimate of drug-likeness (QED) is 0.750. The van der Waals surface area contributed by atoms with Crippen molar-refractivity contribution in [2.75, 3.05) is 37.8 Å². The third-order valence-electron chi connectivity index (χ3n) is 3.45. The summed E-state index contributed by atoms with van der Waals surface area (Å²) in [4.78, 5) is 18.0. The van der Waals surface area contributed by atoms with E-state index in [-0.39, 0.29) is 5.97 Å². The van der Waals surface area contributed by atoms with Gasteiger partial charge in [0.05, 0.1) is 30.8 Å². The summed E-state index contributed by atoms with van der Waals surface area (Å²) in [6.07, 6.45) is 1.58.